The van der Waals surface area contributed by atoms with Crippen LogP contribution in [0.15, 0.2) is 24.5 Å². The number of hydrogen-bond donors (Lipinski definition) is 0. The average molecular weight is 409 g/mol. The summed E-state index contributed by atoms with van der Waals surface area (Å²) in [5.41, 5.74) is 2.37. The molecule has 7 heteroatoms. The van der Waals surface area contributed by atoms with Gasteiger partial charge < -0.3 is 9.64 Å². The minimum absolute atomic E-state index is 0.00508. The Morgan fingerprint density at radius 1 is 1.28 bits per heavy atom. The largest absolute Gasteiger partial charge is 0.466 e. The van der Waals surface area contributed by atoms with Crippen molar-refractivity contribution in [1.82, 2.24) is 15.0 Å². The Kier molecular flexibility index (Phi) is 4.91. The molecule has 1 saturated heterocycles. The van der Waals surface area contributed by atoms with Crippen LogP contribution in [-0.4, -0.2) is 40.6 Å². The van der Waals surface area contributed by atoms with Crippen molar-refractivity contribution in [2.75, 3.05) is 24.6 Å². The highest BCUT2D eigenvalue weighted by Crippen LogP contribution is 2.42. The molecule has 0 saturated carbocycles. The summed E-state index contributed by atoms with van der Waals surface area (Å²) in [5, 5.41) is 1.23. The number of thiophene rings is 1. The van der Waals surface area contributed by atoms with Crippen molar-refractivity contribution >= 4 is 33.3 Å². The SMILES string of the molecule is CCOC(=O)C1CCN(c2nc(-c3cccnc3)nc3sc4c(c23)CCC4)CC1. The summed E-state index contributed by atoms with van der Waals surface area (Å²) in [7, 11) is 0. The van der Waals surface area contributed by atoms with E-state index in [2.05, 4.69) is 9.88 Å². The fraction of sp³-hybridized carbons (Fsp3) is 0.455. The molecule has 1 aliphatic heterocycles. The third kappa shape index (κ3) is 3.37. The number of hydrogen-bond acceptors (Lipinski definition) is 7. The number of rotatable bonds is 4. The Morgan fingerprint density at radius 2 is 2.14 bits per heavy atom. The van der Waals surface area contributed by atoms with Crippen LogP contribution in [0.25, 0.3) is 21.6 Å². The Bertz CT molecular complexity index is 1040. The van der Waals surface area contributed by atoms with Crippen LogP contribution in [-0.2, 0) is 22.4 Å². The molecular formula is C22H24N4O2S. The number of aryl methyl sites for hydroxylation is 2. The summed E-state index contributed by atoms with van der Waals surface area (Å²) < 4.78 is 5.23. The lowest BCUT2D eigenvalue weighted by Crippen LogP contribution is -2.37. The highest BCUT2D eigenvalue weighted by Gasteiger charge is 2.30. The third-order valence-electron chi connectivity index (χ3n) is 5.88. The maximum atomic E-state index is 12.1. The molecule has 4 heterocycles. The number of piperidine rings is 1. The highest BCUT2D eigenvalue weighted by atomic mass is 32.1. The van der Waals surface area contributed by atoms with E-state index in [1.54, 1.807) is 6.20 Å². The molecule has 1 fully saturated rings. The van der Waals surface area contributed by atoms with Crippen LogP contribution in [0.5, 0.6) is 0 Å². The normalized spacial score (nSPS) is 16.9. The van der Waals surface area contributed by atoms with E-state index in [0.29, 0.717) is 6.61 Å². The molecule has 3 aromatic heterocycles. The molecular weight excluding hydrogens is 384 g/mol. The predicted molar refractivity (Wildman–Crippen MR) is 114 cm³/mol. The molecule has 0 N–H and O–H groups in total. The number of ether oxygens (including phenoxy) is 1. The van der Waals surface area contributed by atoms with Crippen molar-refractivity contribution in [2.45, 2.75) is 39.0 Å². The van der Waals surface area contributed by atoms with Crippen LogP contribution >= 0.6 is 11.3 Å². The van der Waals surface area contributed by atoms with E-state index in [1.165, 1.54) is 22.2 Å². The van der Waals surface area contributed by atoms with Crippen LogP contribution in [0.3, 0.4) is 0 Å². The van der Waals surface area contributed by atoms with Gasteiger partial charge in [-0.25, -0.2) is 9.97 Å². The average Bonchev–Trinajstić information content (AvgIpc) is 3.35. The Morgan fingerprint density at radius 3 is 2.90 bits per heavy atom. The van der Waals surface area contributed by atoms with E-state index in [9.17, 15) is 4.79 Å². The quantitative estimate of drug-likeness (QED) is 0.608. The van der Waals surface area contributed by atoms with Crippen molar-refractivity contribution in [1.29, 1.82) is 0 Å². The molecule has 2 aliphatic rings. The van der Waals surface area contributed by atoms with Crippen LogP contribution in [0, 0.1) is 5.92 Å². The van der Waals surface area contributed by atoms with E-state index in [4.69, 9.17) is 14.7 Å². The van der Waals surface area contributed by atoms with Crippen molar-refractivity contribution < 1.29 is 9.53 Å². The molecule has 5 rings (SSSR count). The Balaban J connectivity index is 1.53. The second-order valence-corrected chi connectivity index (χ2v) is 8.75. The zero-order valence-corrected chi connectivity index (χ0v) is 17.4. The molecule has 3 aromatic rings. The third-order valence-corrected chi connectivity index (χ3v) is 7.07. The van der Waals surface area contributed by atoms with Gasteiger partial charge in [0, 0.05) is 35.9 Å². The highest BCUT2D eigenvalue weighted by molar-refractivity contribution is 7.19. The first-order valence-corrected chi connectivity index (χ1v) is 11.2. The number of pyridine rings is 1. The first-order valence-electron chi connectivity index (χ1n) is 10.4. The first-order chi connectivity index (χ1) is 14.2. The van der Waals surface area contributed by atoms with Gasteiger partial charge in [0.2, 0.25) is 0 Å². The molecule has 150 valence electrons. The molecule has 0 atom stereocenters. The second-order valence-electron chi connectivity index (χ2n) is 7.66. The Hall–Kier alpha value is -2.54. The van der Waals surface area contributed by atoms with Gasteiger partial charge in [0.05, 0.1) is 17.9 Å². The van der Waals surface area contributed by atoms with Gasteiger partial charge in [-0.3, -0.25) is 9.78 Å². The lowest BCUT2D eigenvalue weighted by molar-refractivity contribution is -0.148. The monoisotopic (exact) mass is 408 g/mol. The summed E-state index contributed by atoms with van der Waals surface area (Å²) in [6, 6.07) is 3.92. The molecule has 0 bridgehead atoms. The van der Waals surface area contributed by atoms with E-state index >= 15 is 0 Å². The molecule has 29 heavy (non-hydrogen) atoms. The van der Waals surface area contributed by atoms with Gasteiger partial charge in [0.25, 0.3) is 0 Å². The molecule has 0 aromatic carbocycles. The molecule has 0 spiro atoms. The molecule has 0 radical (unpaired) electrons. The lowest BCUT2D eigenvalue weighted by Gasteiger charge is -2.32. The van der Waals surface area contributed by atoms with Crippen molar-refractivity contribution in [3.8, 4) is 11.4 Å². The van der Waals surface area contributed by atoms with Crippen LogP contribution < -0.4 is 4.90 Å². The molecule has 0 unspecified atom stereocenters. The topological polar surface area (TPSA) is 68.2 Å². The number of carbonyl (C=O) groups excluding carboxylic acids is 1. The van der Waals surface area contributed by atoms with Crippen LogP contribution in [0.1, 0.15) is 36.6 Å². The lowest BCUT2D eigenvalue weighted by atomic mass is 9.96. The minimum Gasteiger partial charge on any atom is -0.466 e. The van der Waals surface area contributed by atoms with Gasteiger partial charge in [-0.05, 0) is 56.7 Å². The van der Waals surface area contributed by atoms with Gasteiger partial charge in [0.15, 0.2) is 5.82 Å². The minimum atomic E-state index is -0.0625. The summed E-state index contributed by atoms with van der Waals surface area (Å²) >= 11 is 1.81. The van der Waals surface area contributed by atoms with Crippen molar-refractivity contribution in [3.63, 3.8) is 0 Å². The van der Waals surface area contributed by atoms with E-state index in [1.807, 2.05) is 36.6 Å². The van der Waals surface area contributed by atoms with Crippen LogP contribution in [0.4, 0.5) is 5.82 Å². The number of fused-ring (bicyclic) bond motifs is 3. The van der Waals surface area contributed by atoms with E-state index in [0.717, 1.165) is 60.8 Å². The van der Waals surface area contributed by atoms with Gasteiger partial charge in [-0.2, -0.15) is 0 Å². The zero-order valence-electron chi connectivity index (χ0n) is 16.6. The number of anilines is 1. The number of carbonyl (C=O) groups is 1. The van der Waals surface area contributed by atoms with Gasteiger partial charge in [-0.15, -0.1) is 11.3 Å². The van der Waals surface area contributed by atoms with Gasteiger partial charge >= 0.3 is 5.97 Å². The summed E-state index contributed by atoms with van der Waals surface area (Å²) in [6.07, 6.45) is 8.66. The summed E-state index contributed by atoms with van der Waals surface area (Å²) in [5.74, 6) is 1.69. The van der Waals surface area contributed by atoms with Gasteiger partial charge in [-0.1, -0.05) is 0 Å². The fourth-order valence-corrected chi connectivity index (χ4v) is 5.67. The molecule has 1 aliphatic carbocycles. The van der Waals surface area contributed by atoms with E-state index in [-0.39, 0.29) is 11.9 Å². The fourth-order valence-electron chi connectivity index (χ4n) is 4.42. The number of nitrogens with zero attached hydrogens (tertiary/aromatic N) is 4. The second kappa shape index (κ2) is 7.71. The first kappa shape index (κ1) is 18.5. The summed E-state index contributed by atoms with van der Waals surface area (Å²) in [4.78, 5) is 31.2. The smallest absolute Gasteiger partial charge is 0.309 e. The van der Waals surface area contributed by atoms with Gasteiger partial charge in [0.1, 0.15) is 10.6 Å². The molecule has 6 nitrogen and oxygen atoms in total. The zero-order chi connectivity index (χ0) is 19.8. The van der Waals surface area contributed by atoms with Crippen molar-refractivity contribution in [3.05, 3.63) is 35.0 Å². The Labute approximate surface area is 174 Å². The maximum Gasteiger partial charge on any atom is 0.309 e. The van der Waals surface area contributed by atoms with E-state index < -0.39 is 0 Å². The molecule has 0 amide bonds. The number of esters is 1. The van der Waals surface area contributed by atoms with Crippen molar-refractivity contribution in [2.24, 2.45) is 5.92 Å². The predicted octanol–water partition coefficient (Wildman–Crippen LogP) is 4.02. The summed E-state index contributed by atoms with van der Waals surface area (Å²) in [6.45, 7) is 3.93. The maximum absolute atomic E-state index is 12.1. The van der Waals surface area contributed by atoms with Crippen LogP contribution in [0.2, 0.25) is 0 Å². The number of aromatic nitrogens is 3. The standard InChI is InChI=1S/C22H24N4O2S/c1-2-28-22(27)14-8-11-26(12-9-14)20-18-16-6-3-7-17(16)29-21(18)25-19(24-20)15-5-4-10-23-13-15/h4-5,10,13-14H,2-3,6-9,11-12H2,1H3.